The van der Waals surface area contributed by atoms with E-state index in [2.05, 4.69) is 29.3 Å². The number of amides is 1. The molecule has 0 radical (unpaired) electrons. The van der Waals surface area contributed by atoms with Crippen molar-refractivity contribution in [2.75, 3.05) is 26.7 Å². The van der Waals surface area contributed by atoms with Gasteiger partial charge in [-0.2, -0.15) is 0 Å². The molecule has 0 saturated carbocycles. The van der Waals surface area contributed by atoms with Crippen LogP contribution in [-0.4, -0.2) is 43.6 Å². The molecule has 1 aromatic carbocycles. The first-order chi connectivity index (χ1) is 9.55. The Morgan fingerprint density at radius 1 is 1.30 bits per heavy atom. The summed E-state index contributed by atoms with van der Waals surface area (Å²) in [6, 6.07) is 8.28. The van der Waals surface area contributed by atoms with Crippen LogP contribution in [0.1, 0.15) is 26.3 Å². The fourth-order valence-corrected chi connectivity index (χ4v) is 2.00. The molecule has 0 spiro atoms. The maximum Gasteiger partial charge on any atom is 0.234 e. The third-order valence-electron chi connectivity index (χ3n) is 3.14. The molecule has 0 heterocycles. The SMILES string of the molecule is CCN(CCc1ccc(OC)cc1)CC(=O)NC(C)C. The van der Waals surface area contributed by atoms with Crippen LogP contribution in [0.25, 0.3) is 0 Å². The summed E-state index contributed by atoms with van der Waals surface area (Å²) in [5, 5.41) is 2.92. The molecule has 0 fully saturated rings. The Morgan fingerprint density at radius 2 is 1.95 bits per heavy atom. The number of nitrogens with zero attached hydrogens (tertiary/aromatic N) is 1. The van der Waals surface area contributed by atoms with Crippen LogP contribution in [0.3, 0.4) is 0 Å². The number of rotatable bonds is 8. The van der Waals surface area contributed by atoms with Crippen LogP contribution in [0.2, 0.25) is 0 Å². The van der Waals surface area contributed by atoms with Gasteiger partial charge in [-0.1, -0.05) is 19.1 Å². The average Bonchev–Trinajstić information content (AvgIpc) is 2.43. The van der Waals surface area contributed by atoms with Crippen molar-refractivity contribution in [3.63, 3.8) is 0 Å². The van der Waals surface area contributed by atoms with E-state index in [0.29, 0.717) is 6.54 Å². The van der Waals surface area contributed by atoms with Gasteiger partial charge in [0.1, 0.15) is 5.75 Å². The van der Waals surface area contributed by atoms with Crippen molar-refractivity contribution in [2.45, 2.75) is 33.2 Å². The quantitative estimate of drug-likeness (QED) is 0.791. The molecule has 4 nitrogen and oxygen atoms in total. The number of benzene rings is 1. The van der Waals surface area contributed by atoms with E-state index in [1.54, 1.807) is 7.11 Å². The van der Waals surface area contributed by atoms with Crippen molar-refractivity contribution in [3.05, 3.63) is 29.8 Å². The first kappa shape index (κ1) is 16.5. The number of hydrogen-bond acceptors (Lipinski definition) is 3. The normalized spacial score (nSPS) is 10.9. The summed E-state index contributed by atoms with van der Waals surface area (Å²) in [4.78, 5) is 13.9. The Labute approximate surface area is 122 Å². The highest BCUT2D eigenvalue weighted by Crippen LogP contribution is 2.11. The van der Waals surface area contributed by atoms with E-state index in [1.165, 1.54) is 5.56 Å². The highest BCUT2D eigenvalue weighted by Gasteiger charge is 2.09. The second-order valence-corrected chi connectivity index (χ2v) is 5.19. The van der Waals surface area contributed by atoms with Crippen LogP contribution in [0.15, 0.2) is 24.3 Å². The van der Waals surface area contributed by atoms with Gasteiger partial charge in [0.25, 0.3) is 0 Å². The largest absolute Gasteiger partial charge is 0.497 e. The lowest BCUT2D eigenvalue weighted by Gasteiger charge is -2.20. The zero-order chi connectivity index (χ0) is 15.0. The van der Waals surface area contributed by atoms with Gasteiger partial charge >= 0.3 is 0 Å². The van der Waals surface area contributed by atoms with E-state index in [1.807, 2.05) is 26.0 Å². The van der Waals surface area contributed by atoms with Gasteiger partial charge in [-0.3, -0.25) is 9.69 Å². The van der Waals surface area contributed by atoms with Crippen molar-refractivity contribution in [1.29, 1.82) is 0 Å². The standard InChI is InChI=1S/C16H26N2O2/c1-5-18(12-16(19)17-13(2)3)11-10-14-6-8-15(20-4)9-7-14/h6-9,13H,5,10-12H2,1-4H3,(H,17,19). The fraction of sp³-hybridized carbons (Fsp3) is 0.562. The minimum atomic E-state index is 0.0941. The molecule has 0 aliphatic carbocycles. The Morgan fingerprint density at radius 3 is 2.45 bits per heavy atom. The van der Waals surface area contributed by atoms with Gasteiger partial charge in [0.2, 0.25) is 5.91 Å². The first-order valence-electron chi connectivity index (χ1n) is 7.19. The number of ether oxygens (including phenoxy) is 1. The molecule has 4 heteroatoms. The molecular formula is C16H26N2O2. The topological polar surface area (TPSA) is 41.6 Å². The van der Waals surface area contributed by atoms with Crippen LogP contribution >= 0.6 is 0 Å². The van der Waals surface area contributed by atoms with Crippen molar-refractivity contribution >= 4 is 5.91 Å². The maximum atomic E-state index is 11.7. The lowest BCUT2D eigenvalue weighted by Crippen LogP contribution is -2.40. The van der Waals surface area contributed by atoms with Gasteiger partial charge in [0, 0.05) is 12.6 Å². The molecule has 0 bridgehead atoms. The fourth-order valence-electron chi connectivity index (χ4n) is 2.00. The first-order valence-corrected chi connectivity index (χ1v) is 7.19. The Kier molecular flexibility index (Phi) is 7.09. The molecule has 0 atom stereocenters. The zero-order valence-corrected chi connectivity index (χ0v) is 13.0. The monoisotopic (exact) mass is 278 g/mol. The number of carbonyl (C=O) groups is 1. The Hall–Kier alpha value is -1.55. The lowest BCUT2D eigenvalue weighted by atomic mass is 10.1. The molecular weight excluding hydrogens is 252 g/mol. The summed E-state index contributed by atoms with van der Waals surface area (Å²) in [5.74, 6) is 0.967. The van der Waals surface area contributed by atoms with Crippen LogP contribution in [0.5, 0.6) is 5.75 Å². The molecule has 1 aromatic rings. The molecule has 1 rings (SSSR count). The second-order valence-electron chi connectivity index (χ2n) is 5.19. The third kappa shape index (κ3) is 6.06. The number of methoxy groups -OCH3 is 1. The molecule has 0 aromatic heterocycles. The van der Waals surface area contributed by atoms with Crippen LogP contribution < -0.4 is 10.1 Å². The smallest absolute Gasteiger partial charge is 0.234 e. The lowest BCUT2D eigenvalue weighted by molar-refractivity contribution is -0.122. The summed E-state index contributed by atoms with van der Waals surface area (Å²) in [5.41, 5.74) is 1.26. The van der Waals surface area contributed by atoms with Crippen molar-refractivity contribution in [1.82, 2.24) is 10.2 Å². The van der Waals surface area contributed by atoms with Gasteiger partial charge in [-0.05, 0) is 44.5 Å². The Bertz CT molecular complexity index is 401. The van der Waals surface area contributed by atoms with E-state index in [9.17, 15) is 4.79 Å². The number of likely N-dealkylation sites (N-methyl/N-ethyl adjacent to an activating group) is 1. The van der Waals surface area contributed by atoms with E-state index in [-0.39, 0.29) is 11.9 Å². The van der Waals surface area contributed by atoms with Crippen molar-refractivity contribution < 1.29 is 9.53 Å². The number of carbonyl (C=O) groups excluding carboxylic acids is 1. The van der Waals surface area contributed by atoms with E-state index in [0.717, 1.165) is 25.3 Å². The van der Waals surface area contributed by atoms with Gasteiger partial charge < -0.3 is 10.1 Å². The summed E-state index contributed by atoms with van der Waals surface area (Å²) in [7, 11) is 1.67. The highest BCUT2D eigenvalue weighted by atomic mass is 16.5. The molecule has 20 heavy (non-hydrogen) atoms. The predicted molar refractivity (Wildman–Crippen MR) is 82.1 cm³/mol. The van der Waals surface area contributed by atoms with Crippen molar-refractivity contribution in [2.24, 2.45) is 0 Å². The molecule has 112 valence electrons. The van der Waals surface area contributed by atoms with Crippen LogP contribution in [0.4, 0.5) is 0 Å². The molecule has 1 N–H and O–H groups in total. The minimum absolute atomic E-state index is 0.0941. The molecule has 0 unspecified atom stereocenters. The van der Waals surface area contributed by atoms with Gasteiger partial charge in [-0.15, -0.1) is 0 Å². The molecule has 1 amide bonds. The van der Waals surface area contributed by atoms with E-state index in [4.69, 9.17) is 4.74 Å². The molecule has 0 aliphatic rings. The average molecular weight is 278 g/mol. The van der Waals surface area contributed by atoms with Crippen LogP contribution in [-0.2, 0) is 11.2 Å². The second kappa shape index (κ2) is 8.59. The number of hydrogen-bond donors (Lipinski definition) is 1. The van der Waals surface area contributed by atoms with Gasteiger partial charge in [0.05, 0.1) is 13.7 Å². The van der Waals surface area contributed by atoms with Crippen molar-refractivity contribution in [3.8, 4) is 5.75 Å². The molecule has 0 aliphatic heterocycles. The number of nitrogens with one attached hydrogen (secondary N) is 1. The highest BCUT2D eigenvalue weighted by molar-refractivity contribution is 5.78. The minimum Gasteiger partial charge on any atom is -0.497 e. The van der Waals surface area contributed by atoms with Gasteiger partial charge in [-0.25, -0.2) is 0 Å². The van der Waals surface area contributed by atoms with E-state index < -0.39 is 0 Å². The van der Waals surface area contributed by atoms with E-state index >= 15 is 0 Å². The van der Waals surface area contributed by atoms with Gasteiger partial charge in [0.15, 0.2) is 0 Å². The third-order valence-corrected chi connectivity index (χ3v) is 3.14. The summed E-state index contributed by atoms with van der Waals surface area (Å²) < 4.78 is 5.14. The zero-order valence-electron chi connectivity index (χ0n) is 13.0. The maximum absolute atomic E-state index is 11.7. The summed E-state index contributed by atoms with van der Waals surface area (Å²) >= 11 is 0. The predicted octanol–water partition coefficient (Wildman–Crippen LogP) is 2.08. The van der Waals surface area contributed by atoms with Crippen LogP contribution in [0, 0.1) is 0 Å². The molecule has 0 saturated heterocycles. The summed E-state index contributed by atoms with van der Waals surface area (Å²) in [6.07, 6.45) is 0.937. The Balaban J connectivity index is 2.41. The summed E-state index contributed by atoms with van der Waals surface area (Å²) in [6.45, 7) is 8.26.